The van der Waals surface area contributed by atoms with E-state index in [4.69, 9.17) is 12.2 Å². The SMILES string of the molecule is CCN(CC)c1ccc(NC(=S)NCCSCc2ccccc2)cc1. The number of nitrogens with zero attached hydrogens (tertiary/aromatic N) is 1. The molecule has 0 saturated heterocycles. The van der Waals surface area contributed by atoms with Gasteiger partial charge in [-0.15, -0.1) is 0 Å². The molecule has 0 aliphatic rings. The van der Waals surface area contributed by atoms with Crippen molar-refractivity contribution >= 4 is 40.5 Å². The Kier molecular flexibility index (Phi) is 8.63. The van der Waals surface area contributed by atoms with E-state index in [0.29, 0.717) is 5.11 Å². The van der Waals surface area contributed by atoms with Crippen LogP contribution >= 0.6 is 24.0 Å². The predicted molar refractivity (Wildman–Crippen MR) is 117 cm³/mol. The second-order valence-electron chi connectivity index (χ2n) is 5.64. The molecule has 0 fully saturated rings. The van der Waals surface area contributed by atoms with Gasteiger partial charge in [-0.25, -0.2) is 0 Å². The number of thiocarbonyl (C=S) groups is 1. The van der Waals surface area contributed by atoms with Crippen molar-refractivity contribution in [2.45, 2.75) is 19.6 Å². The number of hydrogen-bond donors (Lipinski definition) is 2. The quantitative estimate of drug-likeness (QED) is 0.489. The highest BCUT2D eigenvalue weighted by Crippen LogP contribution is 2.17. The highest BCUT2D eigenvalue weighted by atomic mass is 32.2. The van der Waals surface area contributed by atoms with E-state index in [2.05, 4.69) is 77.9 Å². The molecule has 0 aliphatic heterocycles. The lowest BCUT2D eigenvalue weighted by Gasteiger charge is -2.21. The van der Waals surface area contributed by atoms with E-state index < -0.39 is 0 Å². The van der Waals surface area contributed by atoms with E-state index in [1.165, 1.54) is 11.3 Å². The Morgan fingerprint density at radius 3 is 2.32 bits per heavy atom. The molecule has 0 unspecified atom stereocenters. The summed E-state index contributed by atoms with van der Waals surface area (Å²) in [5.41, 5.74) is 3.62. The van der Waals surface area contributed by atoms with Gasteiger partial charge in [-0.05, 0) is 55.9 Å². The molecule has 2 aromatic rings. The van der Waals surface area contributed by atoms with Gasteiger partial charge in [-0.2, -0.15) is 11.8 Å². The Balaban J connectivity index is 1.66. The molecule has 2 N–H and O–H groups in total. The molecule has 2 rings (SSSR count). The monoisotopic (exact) mass is 373 g/mol. The lowest BCUT2D eigenvalue weighted by Crippen LogP contribution is -2.30. The maximum absolute atomic E-state index is 5.37. The molecule has 0 atom stereocenters. The first-order valence-electron chi connectivity index (χ1n) is 8.74. The van der Waals surface area contributed by atoms with E-state index in [1.807, 2.05) is 17.8 Å². The van der Waals surface area contributed by atoms with Crippen molar-refractivity contribution in [2.24, 2.45) is 0 Å². The summed E-state index contributed by atoms with van der Waals surface area (Å²) in [4.78, 5) is 2.32. The maximum atomic E-state index is 5.37. The average molecular weight is 374 g/mol. The molecule has 5 heteroatoms. The first kappa shape index (κ1) is 19.6. The number of benzene rings is 2. The molecular weight excluding hydrogens is 346 g/mol. The standard InChI is InChI=1S/C20H27N3S2/c1-3-23(4-2)19-12-10-18(11-13-19)22-20(24)21-14-15-25-16-17-8-6-5-7-9-17/h5-13H,3-4,14-16H2,1-2H3,(H2,21,22,24). The Morgan fingerprint density at radius 2 is 1.68 bits per heavy atom. The lowest BCUT2D eigenvalue weighted by molar-refractivity contribution is 0.866. The van der Waals surface area contributed by atoms with Crippen molar-refractivity contribution < 1.29 is 0 Å². The molecule has 0 spiro atoms. The van der Waals surface area contributed by atoms with Crippen LogP contribution < -0.4 is 15.5 Å². The summed E-state index contributed by atoms with van der Waals surface area (Å²) in [5, 5.41) is 7.19. The minimum absolute atomic E-state index is 0.677. The topological polar surface area (TPSA) is 27.3 Å². The van der Waals surface area contributed by atoms with Gasteiger partial charge in [-0.3, -0.25) is 0 Å². The summed E-state index contributed by atoms with van der Waals surface area (Å²) in [7, 11) is 0. The second kappa shape index (κ2) is 11.0. The summed E-state index contributed by atoms with van der Waals surface area (Å²) >= 11 is 7.28. The number of anilines is 2. The van der Waals surface area contributed by atoms with Gasteiger partial charge in [0.05, 0.1) is 0 Å². The largest absolute Gasteiger partial charge is 0.372 e. The summed E-state index contributed by atoms with van der Waals surface area (Å²) in [6, 6.07) is 19.0. The van der Waals surface area contributed by atoms with Gasteiger partial charge >= 0.3 is 0 Å². The van der Waals surface area contributed by atoms with E-state index in [0.717, 1.165) is 36.8 Å². The van der Waals surface area contributed by atoms with Crippen LogP contribution in [0.25, 0.3) is 0 Å². The summed E-state index contributed by atoms with van der Waals surface area (Å²) in [5.74, 6) is 2.06. The van der Waals surface area contributed by atoms with Gasteiger partial charge in [0.15, 0.2) is 5.11 Å². The zero-order valence-electron chi connectivity index (χ0n) is 15.0. The number of nitrogens with one attached hydrogen (secondary N) is 2. The van der Waals surface area contributed by atoms with Gasteiger partial charge in [0.25, 0.3) is 0 Å². The third-order valence-electron chi connectivity index (χ3n) is 3.90. The molecule has 0 bridgehead atoms. The molecule has 0 amide bonds. The van der Waals surface area contributed by atoms with Crippen LogP contribution in [-0.4, -0.2) is 30.5 Å². The van der Waals surface area contributed by atoms with E-state index in [1.54, 1.807) is 0 Å². The molecule has 0 saturated carbocycles. The zero-order valence-corrected chi connectivity index (χ0v) is 16.6. The normalized spacial score (nSPS) is 10.3. The van der Waals surface area contributed by atoms with Crippen molar-refractivity contribution in [3.8, 4) is 0 Å². The highest BCUT2D eigenvalue weighted by Gasteiger charge is 2.02. The van der Waals surface area contributed by atoms with E-state index in [-0.39, 0.29) is 0 Å². The van der Waals surface area contributed by atoms with Crippen LogP contribution in [0.15, 0.2) is 54.6 Å². The molecule has 25 heavy (non-hydrogen) atoms. The summed E-state index contributed by atoms with van der Waals surface area (Å²) in [6.45, 7) is 7.24. The molecule has 0 radical (unpaired) electrons. The van der Waals surface area contributed by atoms with Crippen LogP contribution in [0, 0.1) is 0 Å². The van der Waals surface area contributed by atoms with Crippen molar-refractivity contribution in [2.75, 3.05) is 35.6 Å². The molecule has 0 aliphatic carbocycles. The molecule has 0 aromatic heterocycles. The van der Waals surface area contributed by atoms with Crippen molar-refractivity contribution in [1.82, 2.24) is 5.32 Å². The molecule has 0 heterocycles. The van der Waals surface area contributed by atoms with E-state index >= 15 is 0 Å². The van der Waals surface area contributed by atoms with Gasteiger partial charge in [-0.1, -0.05) is 30.3 Å². The van der Waals surface area contributed by atoms with Gasteiger partial charge in [0.2, 0.25) is 0 Å². The van der Waals surface area contributed by atoms with Crippen molar-refractivity contribution in [1.29, 1.82) is 0 Å². The number of thioether (sulfide) groups is 1. The third kappa shape index (κ3) is 6.96. The van der Waals surface area contributed by atoms with Gasteiger partial charge in [0, 0.05) is 42.5 Å². The molecule has 3 nitrogen and oxygen atoms in total. The summed E-state index contributed by atoms with van der Waals surface area (Å²) < 4.78 is 0. The van der Waals surface area contributed by atoms with Crippen LogP contribution in [0.1, 0.15) is 19.4 Å². The third-order valence-corrected chi connectivity index (χ3v) is 5.17. The van der Waals surface area contributed by atoms with Crippen LogP contribution in [-0.2, 0) is 5.75 Å². The molecule has 134 valence electrons. The first-order chi connectivity index (χ1) is 12.2. The van der Waals surface area contributed by atoms with Crippen LogP contribution in [0.2, 0.25) is 0 Å². The van der Waals surface area contributed by atoms with Gasteiger partial charge < -0.3 is 15.5 Å². The lowest BCUT2D eigenvalue weighted by atomic mass is 10.2. The van der Waals surface area contributed by atoms with Crippen molar-refractivity contribution in [3.05, 3.63) is 60.2 Å². The molecule has 2 aromatic carbocycles. The van der Waals surface area contributed by atoms with Gasteiger partial charge in [0.1, 0.15) is 0 Å². The van der Waals surface area contributed by atoms with E-state index in [9.17, 15) is 0 Å². The minimum Gasteiger partial charge on any atom is -0.372 e. The Morgan fingerprint density at radius 1 is 1.00 bits per heavy atom. The Hall–Kier alpha value is -1.72. The first-order valence-corrected chi connectivity index (χ1v) is 10.3. The average Bonchev–Trinajstić information content (AvgIpc) is 2.65. The predicted octanol–water partition coefficient (Wildman–Crippen LogP) is 4.75. The Labute approximate surface area is 161 Å². The fourth-order valence-electron chi connectivity index (χ4n) is 2.52. The fourth-order valence-corrected chi connectivity index (χ4v) is 3.56. The minimum atomic E-state index is 0.677. The number of rotatable bonds is 9. The number of hydrogen-bond acceptors (Lipinski definition) is 3. The smallest absolute Gasteiger partial charge is 0.170 e. The summed E-state index contributed by atoms with van der Waals surface area (Å²) in [6.07, 6.45) is 0. The van der Waals surface area contributed by atoms with Crippen LogP contribution in [0.3, 0.4) is 0 Å². The van der Waals surface area contributed by atoms with Crippen molar-refractivity contribution in [3.63, 3.8) is 0 Å². The Bertz CT molecular complexity index is 625. The maximum Gasteiger partial charge on any atom is 0.170 e. The second-order valence-corrected chi connectivity index (χ2v) is 7.15. The zero-order chi connectivity index (χ0) is 17.9. The highest BCUT2D eigenvalue weighted by molar-refractivity contribution is 7.98. The van der Waals surface area contributed by atoms with Crippen LogP contribution in [0.4, 0.5) is 11.4 Å². The fraction of sp³-hybridized carbons (Fsp3) is 0.350. The van der Waals surface area contributed by atoms with Crippen LogP contribution in [0.5, 0.6) is 0 Å². The molecular formula is C20H27N3S2.